The van der Waals surface area contributed by atoms with Gasteiger partial charge in [0.15, 0.2) is 5.16 Å². The summed E-state index contributed by atoms with van der Waals surface area (Å²) >= 11 is 6.47. The quantitative estimate of drug-likeness (QED) is 0.295. The van der Waals surface area contributed by atoms with E-state index in [0.29, 0.717) is 9.86 Å². The Balaban J connectivity index is 1.79. The molecule has 0 aliphatic heterocycles. The van der Waals surface area contributed by atoms with Crippen molar-refractivity contribution in [2.75, 3.05) is 0 Å². The predicted molar refractivity (Wildman–Crippen MR) is 114 cm³/mol. The maximum absolute atomic E-state index is 13.1. The highest BCUT2D eigenvalue weighted by molar-refractivity contribution is 9.10. The van der Waals surface area contributed by atoms with E-state index in [-0.39, 0.29) is 5.56 Å². The van der Waals surface area contributed by atoms with Crippen molar-refractivity contribution in [1.82, 2.24) is 9.55 Å². The SMILES string of the molecule is Cc1ccc(CSc2nc3ccsc3c(=O)n2-c2ccc(Br)cc2)cc1. The Morgan fingerprint density at radius 2 is 1.81 bits per heavy atom. The number of aromatic nitrogens is 2. The second-order valence-corrected chi connectivity index (χ2v) is 8.69. The standard InChI is InChI=1S/C20H15BrN2OS2/c1-13-2-4-14(5-3-13)12-26-20-22-17-10-11-25-18(17)19(24)23(20)16-8-6-15(21)7-9-16/h2-11H,12H2,1H3. The topological polar surface area (TPSA) is 34.9 Å². The number of rotatable bonds is 4. The summed E-state index contributed by atoms with van der Waals surface area (Å²) in [5.41, 5.74) is 4.02. The van der Waals surface area contributed by atoms with Crippen LogP contribution in [0.1, 0.15) is 11.1 Å². The first-order valence-electron chi connectivity index (χ1n) is 8.06. The Morgan fingerprint density at radius 1 is 1.08 bits per heavy atom. The van der Waals surface area contributed by atoms with E-state index in [1.165, 1.54) is 22.5 Å². The Kier molecular flexibility index (Phi) is 4.98. The summed E-state index contributed by atoms with van der Waals surface area (Å²) in [6.07, 6.45) is 0. The highest BCUT2D eigenvalue weighted by Crippen LogP contribution is 2.26. The van der Waals surface area contributed by atoms with Crippen LogP contribution in [0.4, 0.5) is 0 Å². The fraction of sp³-hybridized carbons (Fsp3) is 0.100. The van der Waals surface area contributed by atoms with Gasteiger partial charge in [-0.3, -0.25) is 9.36 Å². The van der Waals surface area contributed by atoms with Crippen LogP contribution in [0.3, 0.4) is 0 Å². The molecule has 0 aliphatic carbocycles. The Hall–Kier alpha value is -1.89. The van der Waals surface area contributed by atoms with Crippen molar-refractivity contribution in [2.45, 2.75) is 17.8 Å². The van der Waals surface area contributed by atoms with Crippen LogP contribution in [0.5, 0.6) is 0 Å². The molecule has 0 bridgehead atoms. The summed E-state index contributed by atoms with van der Waals surface area (Å²) in [7, 11) is 0. The lowest BCUT2D eigenvalue weighted by Crippen LogP contribution is -2.20. The van der Waals surface area contributed by atoms with Crippen molar-refractivity contribution in [3.63, 3.8) is 0 Å². The molecule has 3 nitrogen and oxygen atoms in total. The van der Waals surface area contributed by atoms with Crippen LogP contribution in [0.15, 0.2) is 74.4 Å². The van der Waals surface area contributed by atoms with Gasteiger partial charge in [-0.2, -0.15) is 0 Å². The molecule has 4 rings (SSSR count). The number of nitrogens with zero attached hydrogens (tertiary/aromatic N) is 2. The highest BCUT2D eigenvalue weighted by Gasteiger charge is 2.14. The molecule has 0 atom stereocenters. The summed E-state index contributed by atoms with van der Waals surface area (Å²) in [5, 5.41) is 2.63. The van der Waals surface area contributed by atoms with Crippen molar-refractivity contribution in [2.24, 2.45) is 0 Å². The second kappa shape index (κ2) is 7.39. The van der Waals surface area contributed by atoms with Gasteiger partial charge in [0, 0.05) is 10.2 Å². The number of thioether (sulfide) groups is 1. The summed E-state index contributed by atoms with van der Waals surface area (Å²) in [5.74, 6) is 0.763. The van der Waals surface area contributed by atoms with Crippen molar-refractivity contribution < 1.29 is 0 Å². The maximum atomic E-state index is 13.1. The largest absolute Gasteiger partial charge is 0.276 e. The van der Waals surface area contributed by atoms with Gasteiger partial charge >= 0.3 is 0 Å². The lowest BCUT2D eigenvalue weighted by atomic mass is 10.2. The van der Waals surface area contributed by atoms with Crippen molar-refractivity contribution >= 4 is 49.2 Å². The summed E-state index contributed by atoms with van der Waals surface area (Å²) < 4.78 is 3.38. The monoisotopic (exact) mass is 442 g/mol. The minimum atomic E-state index is -0.0151. The van der Waals surface area contributed by atoms with E-state index in [4.69, 9.17) is 4.98 Å². The third-order valence-electron chi connectivity index (χ3n) is 4.02. The minimum absolute atomic E-state index is 0.0151. The smallest absolute Gasteiger partial charge is 0.267 e. The van der Waals surface area contributed by atoms with E-state index in [0.717, 1.165) is 21.4 Å². The fourth-order valence-electron chi connectivity index (χ4n) is 2.64. The van der Waals surface area contributed by atoms with Gasteiger partial charge in [-0.1, -0.05) is 57.5 Å². The number of benzene rings is 2. The number of fused-ring (bicyclic) bond motifs is 1. The van der Waals surface area contributed by atoms with Crippen LogP contribution >= 0.6 is 39.0 Å². The molecule has 26 heavy (non-hydrogen) atoms. The molecule has 0 N–H and O–H groups in total. The van der Waals surface area contributed by atoms with Gasteiger partial charge in [-0.15, -0.1) is 11.3 Å². The van der Waals surface area contributed by atoms with Gasteiger partial charge < -0.3 is 0 Å². The van der Waals surface area contributed by atoms with Crippen molar-refractivity contribution in [3.05, 3.63) is 85.9 Å². The van der Waals surface area contributed by atoms with E-state index >= 15 is 0 Å². The van der Waals surface area contributed by atoms with Crippen LogP contribution < -0.4 is 5.56 Å². The van der Waals surface area contributed by atoms with Gasteiger partial charge in [0.1, 0.15) is 4.70 Å². The third kappa shape index (κ3) is 3.49. The van der Waals surface area contributed by atoms with Gasteiger partial charge in [0.2, 0.25) is 0 Å². The summed E-state index contributed by atoms with van der Waals surface area (Å²) in [6.45, 7) is 2.08. The molecule has 0 saturated heterocycles. The zero-order valence-electron chi connectivity index (χ0n) is 14.0. The number of hydrogen-bond acceptors (Lipinski definition) is 4. The van der Waals surface area contributed by atoms with E-state index in [2.05, 4.69) is 47.1 Å². The molecule has 0 spiro atoms. The first-order chi connectivity index (χ1) is 12.6. The van der Waals surface area contributed by atoms with Gasteiger partial charge in [-0.25, -0.2) is 4.98 Å². The Bertz CT molecular complexity index is 1120. The van der Waals surface area contributed by atoms with E-state index in [1.807, 2.05) is 35.7 Å². The van der Waals surface area contributed by atoms with Crippen molar-refractivity contribution in [1.29, 1.82) is 0 Å². The van der Waals surface area contributed by atoms with Crippen molar-refractivity contribution in [3.8, 4) is 5.69 Å². The molecule has 2 aromatic carbocycles. The molecular weight excluding hydrogens is 428 g/mol. The summed E-state index contributed by atoms with van der Waals surface area (Å²) in [6, 6.07) is 18.1. The normalized spacial score (nSPS) is 11.2. The first kappa shape index (κ1) is 17.5. The zero-order chi connectivity index (χ0) is 18.1. The molecular formula is C20H15BrN2OS2. The van der Waals surface area contributed by atoms with Gasteiger partial charge in [0.05, 0.1) is 11.2 Å². The van der Waals surface area contributed by atoms with Crippen LogP contribution in [0, 0.1) is 6.92 Å². The van der Waals surface area contributed by atoms with Crippen LogP contribution in [0.2, 0.25) is 0 Å². The van der Waals surface area contributed by atoms with Gasteiger partial charge in [0.25, 0.3) is 5.56 Å². The van der Waals surface area contributed by atoms with E-state index in [1.54, 1.807) is 16.3 Å². The number of aryl methyl sites for hydroxylation is 1. The lowest BCUT2D eigenvalue weighted by molar-refractivity contribution is 0.822. The Labute approximate surface area is 167 Å². The molecule has 4 aromatic rings. The second-order valence-electron chi connectivity index (χ2n) is 5.92. The Morgan fingerprint density at radius 3 is 2.54 bits per heavy atom. The average molecular weight is 443 g/mol. The van der Waals surface area contributed by atoms with E-state index in [9.17, 15) is 4.79 Å². The molecule has 0 saturated carbocycles. The maximum Gasteiger partial charge on any atom is 0.276 e. The molecule has 0 unspecified atom stereocenters. The molecule has 130 valence electrons. The van der Waals surface area contributed by atoms with Crippen LogP contribution in [0.25, 0.3) is 15.9 Å². The van der Waals surface area contributed by atoms with Crippen LogP contribution in [-0.4, -0.2) is 9.55 Å². The highest BCUT2D eigenvalue weighted by atomic mass is 79.9. The van der Waals surface area contributed by atoms with Gasteiger partial charge in [-0.05, 0) is 48.2 Å². The van der Waals surface area contributed by atoms with E-state index < -0.39 is 0 Å². The average Bonchev–Trinajstić information content (AvgIpc) is 3.11. The number of halogens is 1. The number of hydrogen-bond donors (Lipinski definition) is 0. The molecule has 2 aromatic heterocycles. The first-order valence-corrected chi connectivity index (χ1v) is 10.7. The zero-order valence-corrected chi connectivity index (χ0v) is 17.2. The summed E-state index contributed by atoms with van der Waals surface area (Å²) in [4.78, 5) is 17.8. The minimum Gasteiger partial charge on any atom is -0.267 e. The molecule has 0 aliphatic rings. The fourth-order valence-corrected chi connectivity index (χ4v) is 4.63. The molecule has 0 amide bonds. The third-order valence-corrected chi connectivity index (χ3v) is 6.45. The molecule has 0 fully saturated rings. The molecule has 6 heteroatoms. The lowest BCUT2D eigenvalue weighted by Gasteiger charge is -2.12. The van der Waals surface area contributed by atoms with Crippen LogP contribution in [-0.2, 0) is 5.75 Å². The molecule has 2 heterocycles. The molecule has 0 radical (unpaired) electrons. The number of thiophene rings is 1. The predicted octanol–water partition coefficient (Wildman–Crippen LogP) is 5.81.